The van der Waals surface area contributed by atoms with Crippen LogP contribution < -0.4 is 10.6 Å². The number of aromatic nitrogens is 2. The number of nitrogens with zero attached hydrogens (tertiary/aromatic N) is 4. The maximum atomic E-state index is 5.29. The Balaban J connectivity index is 0.00000320. The van der Waals surface area contributed by atoms with E-state index in [2.05, 4.69) is 70.7 Å². The fraction of sp³-hybridized carbons (Fsp3) is 0.591. The van der Waals surface area contributed by atoms with Gasteiger partial charge in [-0.1, -0.05) is 43.3 Å². The van der Waals surface area contributed by atoms with Gasteiger partial charge in [-0.2, -0.15) is 4.98 Å². The first-order valence-corrected chi connectivity index (χ1v) is 10.8. The van der Waals surface area contributed by atoms with Crippen molar-refractivity contribution in [3.8, 4) is 0 Å². The van der Waals surface area contributed by atoms with Gasteiger partial charge in [0.25, 0.3) is 0 Å². The normalized spacial score (nSPS) is 14.7. The van der Waals surface area contributed by atoms with Crippen LogP contribution in [0.15, 0.2) is 33.8 Å². The highest BCUT2D eigenvalue weighted by Crippen LogP contribution is 2.14. The molecular weight excluding hydrogens is 491 g/mol. The smallest absolute Gasteiger partial charge is 0.228 e. The van der Waals surface area contributed by atoms with Gasteiger partial charge in [0.05, 0.1) is 6.54 Å². The highest BCUT2D eigenvalue weighted by Gasteiger charge is 2.11. The molecule has 1 aromatic heterocycles. The van der Waals surface area contributed by atoms with Crippen LogP contribution in [0.1, 0.15) is 62.4 Å². The molecule has 0 spiro atoms. The maximum absolute atomic E-state index is 5.29. The molecule has 0 radical (unpaired) electrons. The van der Waals surface area contributed by atoms with Gasteiger partial charge in [0.1, 0.15) is 0 Å². The number of aliphatic imine (C=N–C) groups is 1. The molecule has 30 heavy (non-hydrogen) atoms. The van der Waals surface area contributed by atoms with Gasteiger partial charge in [0, 0.05) is 32.0 Å². The van der Waals surface area contributed by atoms with Gasteiger partial charge < -0.3 is 15.2 Å². The van der Waals surface area contributed by atoms with Crippen molar-refractivity contribution in [2.45, 2.75) is 59.0 Å². The van der Waals surface area contributed by atoms with Crippen LogP contribution in [0.4, 0.5) is 0 Å². The van der Waals surface area contributed by atoms with Crippen LogP contribution in [-0.4, -0.2) is 47.2 Å². The number of guanidine groups is 1. The SMILES string of the molecule is CCNC(=NCc1ccc(CN2CCCC2)cc1)NCCc1nc(C(C)C)no1.I. The monoisotopic (exact) mass is 526 g/mol. The molecule has 2 heterocycles. The van der Waals surface area contributed by atoms with Crippen molar-refractivity contribution < 1.29 is 4.52 Å². The lowest BCUT2D eigenvalue weighted by atomic mass is 10.1. The third-order valence-corrected chi connectivity index (χ3v) is 5.02. The average molecular weight is 526 g/mol. The molecule has 1 fully saturated rings. The Morgan fingerprint density at radius 3 is 2.47 bits per heavy atom. The average Bonchev–Trinajstić information content (AvgIpc) is 3.39. The molecule has 3 rings (SSSR count). The lowest BCUT2D eigenvalue weighted by Gasteiger charge is -2.14. The van der Waals surface area contributed by atoms with Crippen molar-refractivity contribution in [1.82, 2.24) is 25.7 Å². The number of benzene rings is 1. The first kappa shape index (κ1) is 24.6. The molecular formula is C22H35IN6O. The number of nitrogens with one attached hydrogen (secondary N) is 2. The van der Waals surface area contributed by atoms with Crippen LogP contribution in [0.5, 0.6) is 0 Å². The zero-order chi connectivity index (χ0) is 20.5. The van der Waals surface area contributed by atoms with Gasteiger partial charge in [0.2, 0.25) is 5.89 Å². The largest absolute Gasteiger partial charge is 0.357 e. The molecule has 1 saturated heterocycles. The number of halogens is 1. The van der Waals surface area contributed by atoms with Crippen molar-refractivity contribution in [3.63, 3.8) is 0 Å². The predicted molar refractivity (Wildman–Crippen MR) is 131 cm³/mol. The summed E-state index contributed by atoms with van der Waals surface area (Å²) in [6.07, 6.45) is 3.34. The summed E-state index contributed by atoms with van der Waals surface area (Å²) in [5.41, 5.74) is 2.59. The Morgan fingerprint density at radius 1 is 1.13 bits per heavy atom. The van der Waals surface area contributed by atoms with Gasteiger partial charge in [-0.25, -0.2) is 4.99 Å². The summed E-state index contributed by atoms with van der Waals surface area (Å²) in [4.78, 5) is 11.6. The molecule has 166 valence electrons. The maximum Gasteiger partial charge on any atom is 0.228 e. The summed E-state index contributed by atoms with van der Waals surface area (Å²) < 4.78 is 5.29. The fourth-order valence-electron chi connectivity index (χ4n) is 3.35. The molecule has 2 N–H and O–H groups in total. The zero-order valence-electron chi connectivity index (χ0n) is 18.4. The lowest BCUT2D eigenvalue weighted by molar-refractivity contribution is 0.331. The highest BCUT2D eigenvalue weighted by molar-refractivity contribution is 14.0. The topological polar surface area (TPSA) is 78.6 Å². The molecule has 1 aromatic carbocycles. The first-order valence-electron chi connectivity index (χ1n) is 10.8. The van der Waals surface area contributed by atoms with Crippen LogP contribution in [-0.2, 0) is 19.5 Å². The molecule has 7 nitrogen and oxygen atoms in total. The molecule has 0 atom stereocenters. The minimum Gasteiger partial charge on any atom is -0.357 e. The molecule has 0 saturated carbocycles. The van der Waals surface area contributed by atoms with E-state index in [0.717, 1.165) is 24.9 Å². The van der Waals surface area contributed by atoms with Gasteiger partial charge in [-0.05, 0) is 44.0 Å². The van der Waals surface area contributed by atoms with E-state index in [1.807, 2.05) is 0 Å². The molecule has 0 aliphatic carbocycles. The molecule has 0 unspecified atom stereocenters. The Morgan fingerprint density at radius 2 is 1.83 bits per heavy atom. The molecule has 0 amide bonds. The number of hydrogen-bond acceptors (Lipinski definition) is 5. The number of hydrogen-bond donors (Lipinski definition) is 2. The van der Waals surface area contributed by atoms with Crippen molar-refractivity contribution in [3.05, 3.63) is 47.1 Å². The summed E-state index contributed by atoms with van der Waals surface area (Å²) in [5.74, 6) is 2.50. The molecule has 1 aliphatic heterocycles. The van der Waals surface area contributed by atoms with Crippen molar-refractivity contribution in [2.24, 2.45) is 4.99 Å². The first-order chi connectivity index (χ1) is 14.1. The Hall–Kier alpha value is -1.68. The third kappa shape index (κ3) is 7.86. The van der Waals surface area contributed by atoms with Crippen LogP contribution in [0.3, 0.4) is 0 Å². The van der Waals surface area contributed by atoms with Crippen LogP contribution in [0.2, 0.25) is 0 Å². The minimum atomic E-state index is 0. The predicted octanol–water partition coefficient (Wildman–Crippen LogP) is 3.70. The number of likely N-dealkylation sites (tertiary alicyclic amines) is 1. The van der Waals surface area contributed by atoms with Gasteiger partial charge in [-0.15, -0.1) is 24.0 Å². The minimum absolute atomic E-state index is 0. The van der Waals surface area contributed by atoms with Crippen LogP contribution in [0, 0.1) is 0 Å². The van der Waals surface area contributed by atoms with E-state index in [1.54, 1.807) is 0 Å². The van der Waals surface area contributed by atoms with E-state index in [1.165, 1.54) is 37.1 Å². The second kappa shape index (κ2) is 12.9. The number of rotatable bonds is 9. The van der Waals surface area contributed by atoms with Crippen molar-refractivity contribution >= 4 is 29.9 Å². The second-order valence-electron chi connectivity index (χ2n) is 7.87. The van der Waals surface area contributed by atoms with E-state index in [9.17, 15) is 0 Å². The van der Waals surface area contributed by atoms with Crippen molar-refractivity contribution in [1.29, 1.82) is 0 Å². The van der Waals surface area contributed by atoms with E-state index in [0.29, 0.717) is 25.4 Å². The summed E-state index contributed by atoms with van der Waals surface area (Å²) in [7, 11) is 0. The Bertz CT molecular complexity index is 768. The molecule has 0 bridgehead atoms. The molecule has 2 aromatic rings. The quantitative estimate of drug-likeness (QED) is 0.295. The Kier molecular flexibility index (Phi) is 10.6. The summed E-state index contributed by atoms with van der Waals surface area (Å²) in [6.45, 7) is 11.9. The summed E-state index contributed by atoms with van der Waals surface area (Å²) in [6, 6.07) is 8.82. The van der Waals surface area contributed by atoms with Gasteiger partial charge in [0.15, 0.2) is 11.8 Å². The fourth-order valence-corrected chi connectivity index (χ4v) is 3.35. The van der Waals surface area contributed by atoms with Gasteiger partial charge >= 0.3 is 0 Å². The lowest BCUT2D eigenvalue weighted by Crippen LogP contribution is -2.38. The van der Waals surface area contributed by atoms with Crippen LogP contribution in [0.25, 0.3) is 0 Å². The van der Waals surface area contributed by atoms with E-state index in [-0.39, 0.29) is 29.9 Å². The van der Waals surface area contributed by atoms with E-state index in [4.69, 9.17) is 9.52 Å². The summed E-state index contributed by atoms with van der Waals surface area (Å²) >= 11 is 0. The van der Waals surface area contributed by atoms with Gasteiger partial charge in [-0.3, -0.25) is 4.90 Å². The summed E-state index contributed by atoms with van der Waals surface area (Å²) in [5, 5.41) is 10.6. The third-order valence-electron chi connectivity index (χ3n) is 5.02. The second-order valence-corrected chi connectivity index (χ2v) is 7.87. The van der Waals surface area contributed by atoms with E-state index >= 15 is 0 Å². The highest BCUT2D eigenvalue weighted by atomic mass is 127. The standard InChI is InChI=1S/C22H34N6O.HI/c1-4-23-22(24-12-11-20-26-21(17(2)3)27-29-20)25-15-18-7-9-19(10-8-18)16-28-13-5-6-14-28;/h7-10,17H,4-6,11-16H2,1-3H3,(H2,23,24,25);1H. The zero-order valence-corrected chi connectivity index (χ0v) is 20.7. The molecule has 1 aliphatic rings. The molecule has 8 heteroatoms. The van der Waals surface area contributed by atoms with Crippen molar-refractivity contribution in [2.75, 3.05) is 26.2 Å². The van der Waals surface area contributed by atoms with Crippen LogP contribution >= 0.6 is 24.0 Å². The Labute approximate surface area is 197 Å². The van der Waals surface area contributed by atoms with E-state index < -0.39 is 0 Å².